The maximum atomic E-state index is 9.93. The van der Waals surface area contributed by atoms with Crippen molar-refractivity contribution in [2.45, 2.75) is 64.2 Å². The molecule has 3 heteroatoms. The minimum absolute atomic E-state index is 0.371. The lowest BCUT2D eigenvalue weighted by molar-refractivity contribution is 0.557. The number of nitriles is 1. The molecule has 0 saturated carbocycles. The first-order valence-electron chi connectivity index (χ1n) is 11.6. The van der Waals surface area contributed by atoms with Crippen LogP contribution in [0.1, 0.15) is 68.2 Å². The second kappa shape index (κ2) is 10.3. The van der Waals surface area contributed by atoms with E-state index in [-0.39, 0.29) is 0 Å². The van der Waals surface area contributed by atoms with Crippen LogP contribution in [-0.2, 0) is 12.8 Å². The molecule has 3 aromatic rings. The van der Waals surface area contributed by atoms with E-state index in [1.165, 1.54) is 55.2 Å². The number of benzene rings is 2. The molecule has 2 N–H and O–H groups in total. The average molecular weight is 410 g/mol. The number of rotatable bonds is 2. The largest absolute Gasteiger partial charge is 0.383 e. The van der Waals surface area contributed by atoms with Crippen molar-refractivity contribution in [1.82, 2.24) is 4.98 Å². The minimum Gasteiger partial charge on any atom is -0.383 e. The third-order valence-electron chi connectivity index (χ3n) is 6.39. The van der Waals surface area contributed by atoms with Gasteiger partial charge >= 0.3 is 0 Å². The summed E-state index contributed by atoms with van der Waals surface area (Å²) in [7, 11) is 0. The highest BCUT2D eigenvalue weighted by atomic mass is 14.9. The summed E-state index contributed by atoms with van der Waals surface area (Å²) in [5, 5.41) is 9.93. The number of nitrogen functional groups attached to an aromatic ring is 1. The molecule has 1 heterocycles. The van der Waals surface area contributed by atoms with E-state index in [2.05, 4.69) is 54.6 Å². The second-order valence-corrected chi connectivity index (χ2v) is 8.56. The average Bonchev–Trinajstić information content (AvgIpc) is 2.80. The van der Waals surface area contributed by atoms with Crippen LogP contribution in [0.25, 0.3) is 22.3 Å². The van der Waals surface area contributed by atoms with E-state index in [4.69, 9.17) is 10.7 Å². The monoisotopic (exact) mass is 409 g/mol. The van der Waals surface area contributed by atoms with E-state index in [0.29, 0.717) is 11.4 Å². The van der Waals surface area contributed by atoms with Gasteiger partial charge in [-0.2, -0.15) is 5.26 Å². The summed E-state index contributed by atoms with van der Waals surface area (Å²) in [6.45, 7) is 0. The van der Waals surface area contributed by atoms with Gasteiger partial charge in [0.1, 0.15) is 17.5 Å². The topological polar surface area (TPSA) is 62.7 Å². The highest BCUT2D eigenvalue weighted by molar-refractivity contribution is 5.80. The van der Waals surface area contributed by atoms with E-state index in [1.54, 1.807) is 0 Å². The molecule has 0 saturated heterocycles. The van der Waals surface area contributed by atoms with Crippen molar-refractivity contribution in [3.8, 4) is 28.3 Å². The van der Waals surface area contributed by atoms with Crippen LogP contribution in [0, 0.1) is 11.3 Å². The fourth-order valence-corrected chi connectivity index (χ4v) is 4.71. The minimum atomic E-state index is 0.371. The first kappa shape index (κ1) is 21.1. The van der Waals surface area contributed by atoms with Crippen molar-refractivity contribution >= 4 is 5.82 Å². The number of nitrogens with two attached hydrogens (primary N) is 1. The molecule has 2 aromatic carbocycles. The van der Waals surface area contributed by atoms with E-state index >= 15 is 0 Å². The molecule has 3 nitrogen and oxygen atoms in total. The molecule has 4 rings (SSSR count). The standard InChI is InChI=1S/C28H31N3/c29-20-25-27(23-18-16-22(17-19-23)21-12-8-7-9-13-21)24-14-10-5-3-1-2-4-6-11-15-26(24)31-28(25)30/h7-9,12-13,16-19H,1-6,10-11,14-15H2,(H2,30,31). The van der Waals surface area contributed by atoms with E-state index in [9.17, 15) is 5.26 Å². The Labute approximate surface area is 186 Å². The maximum Gasteiger partial charge on any atom is 0.142 e. The molecule has 0 amide bonds. The van der Waals surface area contributed by atoms with Crippen LogP contribution >= 0.6 is 0 Å². The lowest BCUT2D eigenvalue weighted by atomic mass is 9.88. The molecule has 1 aromatic heterocycles. The highest BCUT2D eigenvalue weighted by Gasteiger charge is 2.20. The fourth-order valence-electron chi connectivity index (χ4n) is 4.71. The molecule has 0 bridgehead atoms. The summed E-state index contributed by atoms with van der Waals surface area (Å²) in [6.07, 6.45) is 11.9. The molecular formula is C28H31N3. The highest BCUT2D eigenvalue weighted by Crippen LogP contribution is 2.35. The Balaban J connectivity index is 1.77. The zero-order chi connectivity index (χ0) is 21.5. The maximum absolute atomic E-state index is 9.93. The summed E-state index contributed by atoms with van der Waals surface area (Å²) in [6, 6.07) is 21.3. The van der Waals surface area contributed by atoms with Crippen LogP contribution in [0.3, 0.4) is 0 Å². The number of nitrogens with zero attached hydrogens (tertiary/aromatic N) is 2. The number of aryl methyl sites for hydroxylation is 1. The molecule has 158 valence electrons. The Morgan fingerprint density at radius 1 is 0.677 bits per heavy atom. The smallest absolute Gasteiger partial charge is 0.142 e. The SMILES string of the molecule is N#Cc1c(N)nc2c(c1-c1ccc(-c3ccccc3)cc1)CCCCCCCCCC2. The van der Waals surface area contributed by atoms with E-state index in [0.717, 1.165) is 42.5 Å². The van der Waals surface area contributed by atoms with E-state index in [1.807, 2.05) is 6.07 Å². The summed E-state index contributed by atoms with van der Waals surface area (Å²) in [5.74, 6) is 0.371. The van der Waals surface area contributed by atoms with Gasteiger partial charge in [-0.25, -0.2) is 4.98 Å². The zero-order valence-electron chi connectivity index (χ0n) is 18.2. The molecular weight excluding hydrogens is 378 g/mol. The summed E-state index contributed by atoms with van der Waals surface area (Å²) >= 11 is 0. The molecule has 0 unspecified atom stereocenters. The predicted molar refractivity (Wildman–Crippen MR) is 129 cm³/mol. The first-order chi connectivity index (χ1) is 15.3. The summed E-state index contributed by atoms with van der Waals surface area (Å²) < 4.78 is 0. The fraction of sp³-hybridized carbons (Fsp3) is 0.357. The number of hydrogen-bond donors (Lipinski definition) is 1. The molecule has 1 aliphatic carbocycles. The zero-order valence-corrected chi connectivity index (χ0v) is 18.2. The lowest BCUT2D eigenvalue weighted by Crippen LogP contribution is -2.09. The Hall–Kier alpha value is -3.12. The van der Waals surface area contributed by atoms with Gasteiger partial charge in [-0.1, -0.05) is 93.1 Å². The third kappa shape index (κ3) is 4.97. The van der Waals surface area contributed by atoms with Gasteiger partial charge in [-0.3, -0.25) is 0 Å². The predicted octanol–water partition coefficient (Wildman–Crippen LogP) is 7.09. The second-order valence-electron chi connectivity index (χ2n) is 8.56. The quantitative estimate of drug-likeness (QED) is 0.491. The summed E-state index contributed by atoms with van der Waals surface area (Å²) in [4.78, 5) is 4.72. The number of hydrogen-bond acceptors (Lipinski definition) is 3. The van der Waals surface area contributed by atoms with Crippen molar-refractivity contribution in [2.24, 2.45) is 0 Å². The van der Waals surface area contributed by atoms with Crippen LogP contribution in [0.2, 0.25) is 0 Å². The van der Waals surface area contributed by atoms with Crippen LogP contribution in [0.15, 0.2) is 54.6 Å². The molecule has 0 aliphatic heterocycles. The number of aromatic nitrogens is 1. The number of pyridine rings is 1. The van der Waals surface area contributed by atoms with Crippen LogP contribution in [0.4, 0.5) is 5.82 Å². The van der Waals surface area contributed by atoms with Gasteiger partial charge in [0.05, 0.1) is 0 Å². The molecule has 0 radical (unpaired) electrons. The van der Waals surface area contributed by atoms with Gasteiger partial charge in [-0.05, 0) is 47.9 Å². The van der Waals surface area contributed by atoms with Crippen LogP contribution in [0.5, 0.6) is 0 Å². The van der Waals surface area contributed by atoms with Crippen molar-refractivity contribution in [1.29, 1.82) is 5.26 Å². The van der Waals surface area contributed by atoms with E-state index < -0.39 is 0 Å². The van der Waals surface area contributed by atoms with Crippen molar-refractivity contribution in [2.75, 3.05) is 5.73 Å². The van der Waals surface area contributed by atoms with Gasteiger partial charge in [0.15, 0.2) is 0 Å². The van der Waals surface area contributed by atoms with Gasteiger partial charge < -0.3 is 5.73 Å². The van der Waals surface area contributed by atoms with Crippen LogP contribution in [-0.4, -0.2) is 4.98 Å². The van der Waals surface area contributed by atoms with Gasteiger partial charge in [0.25, 0.3) is 0 Å². The summed E-state index contributed by atoms with van der Waals surface area (Å²) in [5.41, 5.74) is 13.6. The van der Waals surface area contributed by atoms with Gasteiger partial charge in [0.2, 0.25) is 0 Å². The Bertz CT molecular complexity index is 1050. The number of anilines is 1. The normalized spacial score (nSPS) is 15.2. The van der Waals surface area contributed by atoms with Gasteiger partial charge in [-0.15, -0.1) is 0 Å². The van der Waals surface area contributed by atoms with Crippen molar-refractivity contribution in [3.63, 3.8) is 0 Å². The molecule has 0 spiro atoms. The Morgan fingerprint density at radius 2 is 1.23 bits per heavy atom. The molecule has 0 fully saturated rings. The third-order valence-corrected chi connectivity index (χ3v) is 6.39. The Kier molecular flexibility index (Phi) is 6.99. The van der Waals surface area contributed by atoms with Crippen LogP contribution < -0.4 is 5.73 Å². The van der Waals surface area contributed by atoms with Gasteiger partial charge in [0, 0.05) is 11.3 Å². The Morgan fingerprint density at radius 3 is 1.87 bits per heavy atom. The van der Waals surface area contributed by atoms with Crippen molar-refractivity contribution < 1.29 is 0 Å². The molecule has 1 aliphatic rings. The van der Waals surface area contributed by atoms with Crippen molar-refractivity contribution in [3.05, 3.63) is 71.4 Å². The first-order valence-corrected chi connectivity index (χ1v) is 11.6. The molecule has 31 heavy (non-hydrogen) atoms. The lowest BCUT2D eigenvalue weighted by Gasteiger charge is -2.19. The molecule has 0 atom stereocenters. The number of fused-ring (bicyclic) bond motifs is 1.